The number of para-hydroxylation sites is 1. The lowest BCUT2D eigenvalue weighted by molar-refractivity contribution is -0.137. The zero-order valence-corrected chi connectivity index (χ0v) is 19.8. The van der Waals surface area contributed by atoms with E-state index < -0.39 is 0 Å². The third kappa shape index (κ3) is 4.67. The first-order valence-electron chi connectivity index (χ1n) is 12.4. The molecule has 0 unspecified atom stereocenters. The number of hydrogen-bond acceptors (Lipinski definition) is 5. The van der Waals surface area contributed by atoms with E-state index in [0.29, 0.717) is 37.7 Å². The minimum Gasteiger partial charge on any atom is -0.339 e. The Hall–Kier alpha value is -3.29. The molecular formula is C26H32N6O2. The number of nitrogens with zero attached hydrogens (tertiary/aromatic N) is 6. The first-order chi connectivity index (χ1) is 16.6. The molecule has 2 aromatic heterocycles. The molecule has 2 aliphatic heterocycles. The van der Waals surface area contributed by atoms with Crippen LogP contribution < -0.4 is 0 Å². The van der Waals surface area contributed by atoms with Crippen LogP contribution in [0, 0.1) is 12.8 Å². The molecule has 0 bridgehead atoms. The van der Waals surface area contributed by atoms with Crippen molar-refractivity contribution < 1.29 is 9.59 Å². The third-order valence-electron chi connectivity index (χ3n) is 7.33. The molecule has 0 radical (unpaired) electrons. The topological polar surface area (TPSA) is 84.2 Å². The molecule has 0 N–H and O–H groups in total. The summed E-state index contributed by atoms with van der Waals surface area (Å²) in [4.78, 5) is 38.5. The van der Waals surface area contributed by atoms with Crippen molar-refractivity contribution in [1.82, 2.24) is 29.5 Å². The van der Waals surface area contributed by atoms with Crippen LogP contribution in [0.25, 0.3) is 10.9 Å². The van der Waals surface area contributed by atoms with E-state index in [2.05, 4.69) is 20.0 Å². The van der Waals surface area contributed by atoms with Gasteiger partial charge in [-0.1, -0.05) is 18.2 Å². The highest BCUT2D eigenvalue weighted by Crippen LogP contribution is 2.31. The lowest BCUT2D eigenvalue weighted by Crippen LogP contribution is -2.51. The van der Waals surface area contributed by atoms with Crippen LogP contribution in [-0.4, -0.2) is 67.0 Å². The lowest BCUT2D eigenvalue weighted by atomic mass is 9.83. The molecule has 178 valence electrons. The molecule has 2 amide bonds. The van der Waals surface area contributed by atoms with E-state index in [0.717, 1.165) is 55.2 Å². The van der Waals surface area contributed by atoms with Crippen molar-refractivity contribution in [3.05, 3.63) is 54.2 Å². The van der Waals surface area contributed by atoms with Crippen LogP contribution in [0.3, 0.4) is 0 Å². The Bertz CT molecular complexity index is 1150. The smallest absolute Gasteiger partial charge is 0.274 e. The maximum Gasteiger partial charge on any atom is 0.274 e. The Morgan fingerprint density at radius 1 is 0.971 bits per heavy atom. The van der Waals surface area contributed by atoms with Gasteiger partial charge in [0.25, 0.3) is 5.91 Å². The number of benzene rings is 1. The van der Waals surface area contributed by atoms with Gasteiger partial charge in [-0.2, -0.15) is 5.10 Å². The van der Waals surface area contributed by atoms with Gasteiger partial charge in [0.1, 0.15) is 5.69 Å². The van der Waals surface area contributed by atoms with Crippen molar-refractivity contribution in [3.63, 3.8) is 0 Å². The predicted molar refractivity (Wildman–Crippen MR) is 129 cm³/mol. The zero-order chi connectivity index (χ0) is 23.5. The van der Waals surface area contributed by atoms with Crippen LogP contribution in [0.2, 0.25) is 0 Å². The molecule has 3 aromatic rings. The Morgan fingerprint density at radius 3 is 2.59 bits per heavy atom. The Balaban J connectivity index is 1.19. The number of amides is 2. The number of likely N-dealkylation sites (tertiary alicyclic amines) is 2. The average molecular weight is 461 g/mol. The third-order valence-corrected chi connectivity index (χ3v) is 7.33. The minimum atomic E-state index is -0.0472. The van der Waals surface area contributed by atoms with E-state index in [1.807, 2.05) is 47.0 Å². The standard InChI is InChI=1S/C26H32N6O2/c1-19-16-28-22(18-27-19)26(34)30-13-9-20(10-14-30)23-7-4-5-12-31(23)25(33)11-15-32-24-8-3-2-6-21(24)17-29-32/h2-3,6,8,16-18,20,23H,4-5,7,9-15H2,1H3/t23-/m1/s1. The van der Waals surface area contributed by atoms with E-state index in [1.165, 1.54) is 0 Å². The largest absolute Gasteiger partial charge is 0.339 e. The van der Waals surface area contributed by atoms with Crippen molar-refractivity contribution in [2.24, 2.45) is 5.92 Å². The van der Waals surface area contributed by atoms with Crippen molar-refractivity contribution in [2.75, 3.05) is 19.6 Å². The fourth-order valence-electron chi connectivity index (χ4n) is 5.46. The summed E-state index contributed by atoms with van der Waals surface area (Å²) < 4.78 is 1.93. The second kappa shape index (κ2) is 9.91. The lowest BCUT2D eigenvalue weighted by Gasteiger charge is -2.43. The fraction of sp³-hybridized carbons (Fsp3) is 0.500. The summed E-state index contributed by atoms with van der Waals surface area (Å²) in [6.07, 6.45) is 10.6. The Kier molecular flexibility index (Phi) is 6.56. The molecule has 2 fully saturated rings. The van der Waals surface area contributed by atoms with E-state index >= 15 is 0 Å². The highest BCUT2D eigenvalue weighted by Gasteiger charge is 2.35. The van der Waals surface area contributed by atoms with Crippen LogP contribution >= 0.6 is 0 Å². The number of rotatable bonds is 5. The summed E-state index contributed by atoms with van der Waals surface area (Å²) in [6, 6.07) is 8.38. The van der Waals surface area contributed by atoms with Gasteiger partial charge < -0.3 is 9.80 Å². The van der Waals surface area contributed by atoms with Crippen molar-refractivity contribution in [1.29, 1.82) is 0 Å². The van der Waals surface area contributed by atoms with Crippen molar-refractivity contribution in [3.8, 4) is 0 Å². The summed E-state index contributed by atoms with van der Waals surface area (Å²) in [7, 11) is 0. The molecule has 4 heterocycles. The van der Waals surface area contributed by atoms with Crippen LogP contribution in [0.1, 0.15) is 54.7 Å². The highest BCUT2D eigenvalue weighted by molar-refractivity contribution is 5.92. The van der Waals surface area contributed by atoms with Gasteiger partial charge in [-0.15, -0.1) is 0 Å². The van der Waals surface area contributed by atoms with Crippen LogP contribution in [0.5, 0.6) is 0 Å². The number of fused-ring (bicyclic) bond motifs is 1. The van der Waals surface area contributed by atoms with E-state index in [9.17, 15) is 9.59 Å². The second-order valence-electron chi connectivity index (χ2n) is 9.50. The molecule has 0 spiro atoms. The van der Waals surface area contributed by atoms with Gasteiger partial charge in [-0.05, 0) is 51.0 Å². The van der Waals surface area contributed by atoms with Gasteiger partial charge >= 0.3 is 0 Å². The second-order valence-corrected chi connectivity index (χ2v) is 9.50. The molecule has 1 atom stereocenters. The molecule has 0 saturated carbocycles. The Morgan fingerprint density at radius 2 is 1.79 bits per heavy atom. The quantitative estimate of drug-likeness (QED) is 0.582. The number of aryl methyl sites for hydroxylation is 2. The summed E-state index contributed by atoms with van der Waals surface area (Å²) >= 11 is 0. The summed E-state index contributed by atoms with van der Waals surface area (Å²) in [5, 5.41) is 5.58. The molecule has 2 aliphatic rings. The van der Waals surface area contributed by atoms with Gasteiger partial charge in [0, 0.05) is 43.7 Å². The molecule has 1 aromatic carbocycles. The average Bonchev–Trinajstić information content (AvgIpc) is 3.30. The Labute approximate surface area is 200 Å². The summed E-state index contributed by atoms with van der Waals surface area (Å²) in [6.45, 7) is 4.70. The van der Waals surface area contributed by atoms with E-state index in [1.54, 1.807) is 12.4 Å². The molecular weight excluding hydrogens is 428 g/mol. The molecule has 8 heteroatoms. The van der Waals surface area contributed by atoms with E-state index in [-0.39, 0.29) is 17.9 Å². The molecule has 5 rings (SSSR count). The van der Waals surface area contributed by atoms with Gasteiger partial charge in [0.2, 0.25) is 5.91 Å². The van der Waals surface area contributed by atoms with Crippen molar-refractivity contribution in [2.45, 2.75) is 58.0 Å². The first-order valence-corrected chi connectivity index (χ1v) is 12.4. The number of piperidine rings is 2. The maximum atomic E-state index is 13.3. The molecule has 0 aliphatic carbocycles. The molecule has 8 nitrogen and oxygen atoms in total. The minimum absolute atomic E-state index is 0.0472. The predicted octanol–water partition coefficient (Wildman–Crippen LogP) is 3.46. The fourth-order valence-corrected chi connectivity index (χ4v) is 5.46. The van der Waals surface area contributed by atoms with E-state index in [4.69, 9.17) is 0 Å². The van der Waals surface area contributed by atoms with Gasteiger partial charge in [-0.25, -0.2) is 4.98 Å². The number of aromatic nitrogens is 4. The van der Waals surface area contributed by atoms with Crippen LogP contribution in [0.4, 0.5) is 0 Å². The number of carbonyl (C=O) groups excluding carboxylic acids is 2. The number of hydrogen-bond donors (Lipinski definition) is 0. The molecule has 2 saturated heterocycles. The van der Waals surface area contributed by atoms with Gasteiger partial charge in [0.15, 0.2) is 0 Å². The summed E-state index contributed by atoms with van der Waals surface area (Å²) in [5.74, 6) is 0.606. The SMILES string of the molecule is Cc1cnc(C(=O)N2CCC([C@H]3CCCCN3C(=O)CCn3ncc4ccccc43)CC2)cn1. The van der Waals surface area contributed by atoms with Gasteiger partial charge in [0.05, 0.1) is 30.1 Å². The highest BCUT2D eigenvalue weighted by atomic mass is 16.2. The summed E-state index contributed by atoms with van der Waals surface area (Å²) in [5.41, 5.74) is 2.28. The normalized spacial score (nSPS) is 19.5. The van der Waals surface area contributed by atoms with Crippen LogP contribution in [-0.2, 0) is 11.3 Å². The zero-order valence-electron chi connectivity index (χ0n) is 19.8. The first kappa shape index (κ1) is 22.5. The maximum absolute atomic E-state index is 13.3. The van der Waals surface area contributed by atoms with Crippen molar-refractivity contribution >= 4 is 22.7 Å². The van der Waals surface area contributed by atoms with Gasteiger partial charge in [-0.3, -0.25) is 19.3 Å². The monoisotopic (exact) mass is 460 g/mol. The molecule has 34 heavy (non-hydrogen) atoms. The number of carbonyl (C=O) groups is 2. The van der Waals surface area contributed by atoms with Crippen LogP contribution in [0.15, 0.2) is 42.9 Å².